The highest BCUT2D eigenvalue weighted by Gasteiger charge is 2.31. The van der Waals surface area contributed by atoms with Crippen molar-refractivity contribution in [2.45, 2.75) is 45.4 Å². The molecule has 0 radical (unpaired) electrons. The zero-order valence-corrected chi connectivity index (χ0v) is 16.4. The fourth-order valence-electron chi connectivity index (χ4n) is 2.67. The lowest BCUT2D eigenvalue weighted by Gasteiger charge is -2.28. The standard InChI is InChI=1S/C17H24BrClN2O2/c1-17(2,3)23-16(22)20(4)13-8-9-21(11-13)10-12-6-5-7-14(19)15(12)18/h5-7,13H,8-11H2,1-4H3/t13-/m1/s1. The Balaban J connectivity index is 1.93. The fraction of sp³-hybridized carbons (Fsp3) is 0.588. The Hall–Kier alpha value is -0.780. The largest absolute Gasteiger partial charge is 0.444 e. The van der Waals surface area contributed by atoms with Gasteiger partial charge in [-0.3, -0.25) is 4.90 Å². The highest BCUT2D eigenvalue weighted by Crippen LogP contribution is 2.28. The van der Waals surface area contributed by atoms with Gasteiger partial charge in [0.1, 0.15) is 5.60 Å². The lowest BCUT2D eigenvalue weighted by molar-refractivity contribution is 0.0228. The Morgan fingerprint density at radius 3 is 2.83 bits per heavy atom. The number of rotatable bonds is 3. The molecule has 1 saturated heterocycles. The van der Waals surface area contributed by atoms with Crippen molar-refractivity contribution in [3.05, 3.63) is 33.3 Å². The first-order chi connectivity index (χ1) is 10.7. The van der Waals surface area contributed by atoms with Crippen LogP contribution in [0.25, 0.3) is 0 Å². The van der Waals surface area contributed by atoms with Gasteiger partial charge in [-0.05, 0) is 54.8 Å². The second kappa shape index (κ2) is 7.41. The number of carbonyl (C=O) groups excluding carboxylic acids is 1. The monoisotopic (exact) mass is 402 g/mol. The van der Waals surface area contributed by atoms with E-state index in [1.807, 2.05) is 40.0 Å². The fourth-order valence-corrected chi connectivity index (χ4v) is 3.25. The number of likely N-dealkylation sites (N-methyl/N-ethyl adjacent to an activating group) is 1. The number of hydrogen-bond acceptors (Lipinski definition) is 3. The molecule has 23 heavy (non-hydrogen) atoms. The van der Waals surface area contributed by atoms with Crippen molar-refractivity contribution in [1.29, 1.82) is 0 Å². The van der Waals surface area contributed by atoms with Gasteiger partial charge >= 0.3 is 6.09 Å². The molecule has 0 spiro atoms. The van der Waals surface area contributed by atoms with Gasteiger partial charge in [0, 0.05) is 37.2 Å². The minimum Gasteiger partial charge on any atom is -0.444 e. The predicted molar refractivity (Wildman–Crippen MR) is 96.8 cm³/mol. The Kier molecular flexibility index (Phi) is 5.98. The van der Waals surface area contributed by atoms with E-state index >= 15 is 0 Å². The number of likely N-dealkylation sites (tertiary alicyclic amines) is 1. The van der Waals surface area contributed by atoms with Crippen molar-refractivity contribution < 1.29 is 9.53 Å². The molecule has 4 nitrogen and oxygen atoms in total. The Bertz CT molecular complexity index is 574. The number of nitrogens with zero attached hydrogens (tertiary/aromatic N) is 2. The van der Waals surface area contributed by atoms with Crippen LogP contribution in [0.3, 0.4) is 0 Å². The maximum Gasteiger partial charge on any atom is 0.410 e. The Labute approximate surface area is 151 Å². The van der Waals surface area contributed by atoms with Gasteiger partial charge in [0.05, 0.1) is 5.02 Å². The smallest absolute Gasteiger partial charge is 0.410 e. The van der Waals surface area contributed by atoms with Crippen LogP contribution in [0.15, 0.2) is 22.7 Å². The average molecular weight is 404 g/mol. The van der Waals surface area contributed by atoms with Crippen LogP contribution in [0.4, 0.5) is 4.79 Å². The van der Waals surface area contributed by atoms with Crippen molar-refractivity contribution in [2.75, 3.05) is 20.1 Å². The van der Waals surface area contributed by atoms with Crippen molar-refractivity contribution in [3.8, 4) is 0 Å². The summed E-state index contributed by atoms with van der Waals surface area (Å²) in [6.45, 7) is 8.27. The first kappa shape index (κ1) is 18.6. The normalized spacial score (nSPS) is 19.0. The summed E-state index contributed by atoms with van der Waals surface area (Å²) < 4.78 is 6.39. The molecule has 0 aliphatic carbocycles. The van der Waals surface area contributed by atoms with Gasteiger partial charge in [0.25, 0.3) is 0 Å². The van der Waals surface area contributed by atoms with Crippen LogP contribution in [0.5, 0.6) is 0 Å². The van der Waals surface area contributed by atoms with Crippen LogP contribution < -0.4 is 0 Å². The van der Waals surface area contributed by atoms with Crippen molar-refractivity contribution in [1.82, 2.24) is 9.80 Å². The topological polar surface area (TPSA) is 32.8 Å². The van der Waals surface area contributed by atoms with E-state index in [1.54, 1.807) is 4.90 Å². The van der Waals surface area contributed by atoms with Gasteiger partial charge in [-0.15, -0.1) is 0 Å². The summed E-state index contributed by atoms with van der Waals surface area (Å²) >= 11 is 9.69. The van der Waals surface area contributed by atoms with E-state index in [1.165, 1.54) is 0 Å². The van der Waals surface area contributed by atoms with Gasteiger partial charge in [-0.1, -0.05) is 23.7 Å². The summed E-state index contributed by atoms with van der Waals surface area (Å²) in [6, 6.07) is 6.09. The predicted octanol–water partition coefficient (Wildman–Crippen LogP) is 4.54. The van der Waals surface area contributed by atoms with Crippen LogP contribution >= 0.6 is 27.5 Å². The van der Waals surface area contributed by atoms with E-state index in [4.69, 9.17) is 16.3 Å². The van der Waals surface area contributed by atoms with Crippen LogP contribution in [0, 0.1) is 0 Å². The van der Waals surface area contributed by atoms with Gasteiger partial charge < -0.3 is 9.64 Å². The molecule has 1 aliphatic heterocycles. The molecule has 0 bridgehead atoms. The summed E-state index contributed by atoms with van der Waals surface area (Å²) in [5.41, 5.74) is 0.702. The Morgan fingerprint density at radius 2 is 2.17 bits per heavy atom. The first-order valence-corrected chi connectivity index (χ1v) is 8.95. The van der Waals surface area contributed by atoms with Crippen molar-refractivity contribution >= 4 is 33.6 Å². The van der Waals surface area contributed by atoms with Gasteiger partial charge in [-0.2, -0.15) is 0 Å². The third-order valence-corrected chi connectivity index (χ3v) is 5.38. The first-order valence-electron chi connectivity index (χ1n) is 7.78. The molecule has 6 heteroatoms. The molecule has 1 fully saturated rings. The molecule has 0 N–H and O–H groups in total. The van der Waals surface area contributed by atoms with E-state index in [0.717, 1.165) is 41.1 Å². The SMILES string of the molecule is CN(C(=O)OC(C)(C)C)[C@@H]1CCN(Cc2cccc(Cl)c2Br)C1. The van der Waals surface area contributed by atoms with Crippen LogP contribution in [0.1, 0.15) is 32.8 Å². The summed E-state index contributed by atoms with van der Waals surface area (Å²) in [4.78, 5) is 16.2. The minimum absolute atomic E-state index is 0.183. The number of ether oxygens (including phenoxy) is 1. The molecular weight excluding hydrogens is 380 g/mol. The Morgan fingerprint density at radius 1 is 1.48 bits per heavy atom. The summed E-state index contributed by atoms with van der Waals surface area (Å²) in [5, 5.41) is 0.726. The quantitative estimate of drug-likeness (QED) is 0.742. The zero-order valence-electron chi connectivity index (χ0n) is 14.1. The van der Waals surface area contributed by atoms with E-state index in [9.17, 15) is 4.79 Å². The van der Waals surface area contributed by atoms with Crippen LogP contribution in [-0.2, 0) is 11.3 Å². The second-order valence-corrected chi connectivity index (χ2v) is 8.18. The van der Waals surface area contributed by atoms with Crippen molar-refractivity contribution in [2.24, 2.45) is 0 Å². The summed E-state index contributed by atoms with van der Waals surface area (Å²) in [5.74, 6) is 0. The molecule has 1 amide bonds. The third-order valence-electron chi connectivity index (χ3n) is 3.90. The van der Waals surface area contributed by atoms with Crippen LogP contribution in [0.2, 0.25) is 5.02 Å². The minimum atomic E-state index is -0.463. The molecule has 1 aromatic carbocycles. The summed E-state index contributed by atoms with van der Waals surface area (Å²) in [7, 11) is 1.82. The second-order valence-electron chi connectivity index (χ2n) is 6.98. The number of benzene rings is 1. The van der Waals surface area contributed by atoms with Crippen LogP contribution in [-0.4, -0.2) is 47.7 Å². The number of halogens is 2. The maximum absolute atomic E-state index is 12.2. The lowest BCUT2D eigenvalue weighted by Crippen LogP contribution is -2.42. The van der Waals surface area contributed by atoms with E-state index in [2.05, 4.69) is 26.9 Å². The highest BCUT2D eigenvalue weighted by molar-refractivity contribution is 9.10. The zero-order chi connectivity index (χ0) is 17.2. The van der Waals surface area contributed by atoms with Gasteiger partial charge in [0.15, 0.2) is 0 Å². The average Bonchev–Trinajstić information content (AvgIpc) is 2.89. The van der Waals surface area contributed by atoms with Gasteiger partial charge in [-0.25, -0.2) is 4.79 Å². The molecule has 1 atom stereocenters. The van der Waals surface area contributed by atoms with E-state index in [-0.39, 0.29) is 12.1 Å². The maximum atomic E-state index is 12.2. The van der Waals surface area contributed by atoms with E-state index < -0.39 is 5.60 Å². The number of hydrogen-bond donors (Lipinski definition) is 0. The molecular formula is C17H24BrClN2O2. The number of carbonyl (C=O) groups is 1. The molecule has 128 valence electrons. The summed E-state index contributed by atoms with van der Waals surface area (Å²) in [6.07, 6.45) is 0.696. The van der Waals surface area contributed by atoms with Gasteiger partial charge in [0.2, 0.25) is 0 Å². The molecule has 1 heterocycles. The molecule has 2 rings (SSSR count). The highest BCUT2D eigenvalue weighted by atomic mass is 79.9. The number of amides is 1. The lowest BCUT2D eigenvalue weighted by atomic mass is 10.2. The molecule has 1 aliphatic rings. The molecule has 0 aromatic heterocycles. The van der Waals surface area contributed by atoms with Crippen molar-refractivity contribution in [3.63, 3.8) is 0 Å². The molecule has 0 unspecified atom stereocenters. The van der Waals surface area contributed by atoms with E-state index in [0.29, 0.717) is 0 Å². The molecule has 1 aromatic rings. The molecule has 0 saturated carbocycles. The third kappa shape index (κ3) is 5.10.